The van der Waals surface area contributed by atoms with E-state index in [9.17, 15) is 10.1 Å². The Morgan fingerprint density at radius 2 is 2.21 bits per heavy atom. The molecule has 0 heterocycles. The molecule has 1 saturated carbocycles. The molecule has 0 aliphatic heterocycles. The summed E-state index contributed by atoms with van der Waals surface area (Å²) in [6.45, 7) is 0. The van der Waals surface area contributed by atoms with Crippen LogP contribution >= 0.6 is 11.8 Å². The summed E-state index contributed by atoms with van der Waals surface area (Å²) >= 11 is 1.46. The van der Waals surface area contributed by atoms with E-state index in [0.29, 0.717) is 11.3 Å². The molecule has 19 heavy (non-hydrogen) atoms. The first kappa shape index (κ1) is 13.7. The van der Waals surface area contributed by atoms with Crippen LogP contribution in [-0.4, -0.2) is 21.7 Å². The first-order chi connectivity index (χ1) is 9.06. The van der Waals surface area contributed by atoms with E-state index in [2.05, 4.69) is 5.16 Å². The summed E-state index contributed by atoms with van der Waals surface area (Å²) in [6.07, 6.45) is 2.56. The fourth-order valence-corrected chi connectivity index (χ4v) is 3.25. The van der Waals surface area contributed by atoms with Crippen molar-refractivity contribution in [3.8, 4) is 0 Å². The largest absolute Gasteiger partial charge is 0.409 e. The van der Waals surface area contributed by atoms with Gasteiger partial charge < -0.3 is 10.9 Å². The van der Waals surface area contributed by atoms with Crippen molar-refractivity contribution in [1.82, 2.24) is 0 Å². The molecule has 1 aromatic carbocycles. The highest BCUT2D eigenvalue weighted by Gasteiger charge is 2.43. The van der Waals surface area contributed by atoms with Gasteiger partial charge in [0.1, 0.15) is 5.84 Å². The van der Waals surface area contributed by atoms with Crippen molar-refractivity contribution in [3.05, 3.63) is 34.4 Å². The number of nitrogens with two attached hydrogens (primary N) is 1. The summed E-state index contributed by atoms with van der Waals surface area (Å²) in [5.74, 6) is 0.967. The van der Waals surface area contributed by atoms with Gasteiger partial charge in [-0.1, -0.05) is 17.3 Å². The lowest BCUT2D eigenvalue weighted by Gasteiger charge is -2.13. The minimum Gasteiger partial charge on any atom is -0.409 e. The van der Waals surface area contributed by atoms with Crippen LogP contribution in [0, 0.1) is 15.5 Å². The van der Waals surface area contributed by atoms with Crippen LogP contribution in [0.3, 0.4) is 0 Å². The Bertz CT molecular complexity index is 515. The Kier molecular flexibility index (Phi) is 3.94. The average Bonchev–Trinajstić information content (AvgIpc) is 3.16. The molecule has 0 amide bonds. The van der Waals surface area contributed by atoms with Crippen molar-refractivity contribution >= 4 is 23.3 Å². The maximum absolute atomic E-state index is 10.9. The first-order valence-corrected chi connectivity index (χ1v) is 6.87. The first-order valence-electron chi connectivity index (χ1n) is 5.89. The molecular formula is C12H15N3O3S. The van der Waals surface area contributed by atoms with Crippen LogP contribution in [0.15, 0.2) is 34.3 Å². The van der Waals surface area contributed by atoms with E-state index in [-0.39, 0.29) is 21.9 Å². The number of para-hydroxylation sites is 1. The maximum atomic E-state index is 10.9. The molecule has 7 heteroatoms. The molecule has 2 rings (SSSR count). The predicted molar refractivity (Wildman–Crippen MR) is 73.5 cm³/mol. The molecule has 0 atom stereocenters. The van der Waals surface area contributed by atoms with E-state index in [0.717, 1.165) is 18.6 Å². The summed E-state index contributed by atoms with van der Waals surface area (Å²) in [5.41, 5.74) is 5.69. The number of nitro groups is 1. The van der Waals surface area contributed by atoms with Gasteiger partial charge in [-0.15, -0.1) is 11.8 Å². The molecule has 0 unspecified atom stereocenters. The lowest BCUT2D eigenvalue weighted by Crippen LogP contribution is -2.19. The van der Waals surface area contributed by atoms with Crippen molar-refractivity contribution < 1.29 is 10.1 Å². The lowest BCUT2D eigenvalue weighted by atomic mass is 10.1. The maximum Gasteiger partial charge on any atom is 0.282 e. The zero-order valence-corrected chi connectivity index (χ0v) is 11.1. The second-order valence-corrected chi connectivity index (χ2v) is 5.80. The monoisotopic (exact) mass is 281 g/mol. The predicted octanol–water partition coefficient (Wildman–Crippen LogP) is 2.60. The number of nitro benzene ring substituents is 1. The van der Waals surface area contributed by atoms with E-state index < -0.39 is 0 Å². The van der Waals surface area contributed by atoms with Crippen molar-refractivity contribution in [2.24, 2.45) is 16.3 Å². The van der Waals surface area contributed by atoms with Gasteiger partial charge in [0.15, 0.2) is 0 Å². The third-order valence-corrected chi connectivity index (χ3v) is 4.65. The van der Waals surface area contributed by atoms with Crippen LogP contribution in [0.1, 0.15) is 19.3 Å². The Morgan fingerprint density at radius 1 is 1.53 bits per heavy atom. The molecule has 0 radical (unpaired) electrons. The Hall–Kier alpha value is -1.76. The standard InChI is InChI=1S/C12H15N3O3S/c13-11(14-16)7-12(5-6-12)8-19-10-4-2-1-3-9(10)15(17)18/h1-4,16H,5-8H2,(H2,13,14). The topological polar surface area (TPSA) is 102 Å². The second-order valence-electron chi connectivity index (χ2n) is 4.78. The van der Waals surface area contributed by atoms with Gasteiger partial charge in [0.2, 0.25) is 0 Å². The van der Waals surface area contributed by atoms with Gasteiger partial charge in [0, 0.05) is 18.2 Å². The molecule has 0 aromatic heterocycles. The van der Waals surface area contributed by atoms with Crippen molar-refractivity contribution in [1.29, 1.82) is 0 Å². The van der Waals surface area contributed by atoms with Gasteiger partial charge in [-0.2, -0.15) is 0 Å². The number of oxime groups is 1. The third-order valence-electron chi connectivity index (χ3n) is 3.24. The molecule has 102 valence electrons. The summed E-state index contributed by atoms with van der Waals surface area (Å²) in [6, 6.07) is 6.71. The van der Waals surface area contributed by atoms with Crippen LogP contribution < -0.4 is 5.73 Å². The van der Waals surface area contributed by atoms with Crippen LogP contribution in [0.4, 0.5) is 5.69 Å². The second kappa shape index (κ2) is 5.48. The number of benzene rings is 1. The molecule has 3 N–H and O–H groups in total. The van der Waals surface area contributed by atoms with Crippen LogP contribution in [-0.2, 0) is 0 Å². The minimum absolute atomic E-state index is 0.0324. The van der Waals surface area contributed by atoms with Crippen LogP contribution in [0.25, 0.3) is 0 Å². The van der Waals surface area contributed by atoms with Crippen LogP contribution in [0.5, 0.6) is 0 Å². The molecule has 1 fully saturated rings. The summed E-state index contributed by atoms with van der Waals surface area (Å²) in [4.78, 5) is 11.2. The van der Waals surface area contributed by atoms with Gasteiger partial charge in [-0.05, 0) is 24.3 Å². The zero-order valence-electron chi connectivity index (χ0n) is 10.3. The van der Waals surface area contributed by atoms with E-state index in [1.807, 2.05) is 0 Å². The number of thioether (sulfide) groups is 1. The van der Waals surface area contributed by atoms with Gasteiger partial charge in [0.05, 0.1) is 9.82 Å². The zero-order chi connectivity index (χ0) is 13.9. The SMILES string of the molecule is NC(CC1(CSc2ccccc2[N+](=O)[O-])CC1)=NO. The minimum atomic E-state index is -0.370. The smallest absolute Gasteiger partial charge is 0.282 e. The lowest BCUT2D eigenvalue weighted by molar-refractivity contribution is -0.387. The molecule has 0 saturated heterocycles. The van der Waals surface area contributed by atoms with Crippen LogP contribution in [0.2, 0.25) is 0 Å². The molecule has 1 aliphatic carbocycles. The molecule has 1 aliphatic rings. The Labute approximate surface area is 114 Å². The van der Waals surface area contributed by atoms with Gasteiger partial charge in [-0.25, -0.2) is 0 Å². The Morgan fingerprint density at radius 3 is 2.79 bits per heavy atom. The number of amidine groups is 1. The number of hydrogen-bond acceptors (Lipinski definition) is 5. The number of hydrogen-bond donors (Lipinski definition) is 2. The number of rotatable bonds is 6. The Balaban J connectivity index is 2.02. The summed E-state index contributed by atoms with van der Waals surface area (Å²) in [5, 5.41) is 22.5. The van der Waals surface area contributed by atoms with E-state index in [1.54, 1.807) is 18.2 Å². The quantitative estimate of drug-likeness (QED) is 0.208. The molecule has 0 spiro atoms. The van der Waals surface area contributed by atoms with Gasteiger partial charge >= 0.3 is 0 Å². The van der Waals surface area contributed by atoms with E-state index in [4.69, 9.17) is 10.9 Å². The normalized spacial score (nSPS) is 17.2. The van der Waals surface area contributed by atoms with Gasteiger partial charge in [0.25, 0.3) is 5.69 Å². The van der Waals surface area contributed by atoms with Gasteiger partial charge in [-0.3, -0.25) is 10.1 Å². The highest BCUT2D eigenvalue weighted by Crippen LogP contribution is 2.52. The van der Waals surface area contributed by atoms with Crippen molar-refractivity contribution in [3.63, 3.8) is 0 Å². The van der Waals surface area contributed by atoms with E-state index >= 15 is 0 Å². The number of nitrogens with zero attached hydrogens (tertiary/aromatic N) is 2. The van der Waals surface area contributed by atoms with Crippen molar-refractivity contribution in [2.75, 3.05) is 5.75 Å². The highest BCUT2D eigenvalue weighted by molar-refractivity contribution is 7.99. The fraction of sp³-hybridized carbons (Fsp3) is 0.417. The molecule has 1 aromatic rings. The van der Waals surface area contributed by atoms with E-state index in [1.165, 1.54) is 17.8 Å². The highest BCUT2D eigenvalue weighted by atomic mass is 32.2. The summed E-state index contributed by atoms with van der Waals surface area (Å²) in [7, 11) is 0. The molecular weight excluding hydrogens is 266 g/mol. The fourth-order valence-electron chi connectivity index (χ4n) is 1.93. The third kappa shape index (κ3) is 3.37. The molecule has 6 nitrogen and oxygen atoms in total. The van der Waals surface area contributed by atoms with Crippen molar-refractivity contribution in [2.45, 2.75) is 24.2 Å². The molecule has 0 bridgehead atoms. The average molecular weight is 281 g/mol. The summed E-state index contributed by atoms with van der Waals surface area (Å²) < 4.78 is 0.